The summed E-state index contributed by atoms with van der Waals surface area (Å²) >= 11 is 7.75. The molecule has 1 heterocycles. The third-order valence-corrected chi connectivity index (χ3v) is 4.63. The first-order valence-corrected chi connectivity index (χ1v) is 8.48. The van der Waals surface area contributed by atoms with Gasteiger partial charge in [-0.05, 0) is 38.6 Å². The van der Waals surface area contributed by atoms with Crippen LogP contribution >= 0.6 is 22.9 Å². The maximum Gasteiger partial charge on any atom is 0.255 e. The zero-order valence-electron chi connectivity index (χ0n) is 13.2. The maximum absolute atomic E-state index is 10.9. The number of ether oxygens (including phenoxy) is 1. The lowest BCUT2D eigenvalue weighted by atomic mass is 10.2. The highest BCUT2D eigenvalue weighted by molar-refractivity contribution is 7.09. The van der Waals surface area contributed by atoms with E-state index in [1.807, 2.05) is 25.5 Å². The fourth-order valence-electron chi connectivity index (χ4n) is 2.19. The highest BCUT2D eigenvalue weighted by Crippen LogP contribution is 2.24. The molecule has 2 aromatic rings. The molecule has 0 aliphatic carbocycles. The van der Waals surface area contributed by atoms with Crippen LogP contribution in [0.1, 0.15) is 16.1 Å². The number of primary amides is 1. The molecular formula is C16H20ClN3O2S. The monoisotopic (exact) mass is 353 g/mol. The second-order valence-corrected chi connectivity index (χ2v) is 6.73. The minimum Gasteiger partial charge on any atom is -0.483 e. The van der Waals surface area contributed by atoms with Crippen LogP contribution in [-0.2, 0) is 17.8 Å². The van der Waals surface area contributed by atoms with E-state index in [-0.39, 0.29) is 6.61 Å². The minimum absolute atomic E-state index is 0.140. The molecule has 7 heteroatoms. The Bertz CT molecular complexity index is 675. The first kappa shape index (κ1) is 17.7. The number of carbonyl (C=O) groups excluding carboxylic acids is 1. The normalized spacial score (nSPS) is 11.0. The third kappa shape index (κ3) is 5.49. The van der Waals surface area contributed by atoms with Crippen LogP contribution in [0.5, 0.6) is 5.75 Å². The molecule has 5 nitrogen and oxygen atoms in total. The Kier molecular flexibility index (Phi) is 6.38. The van der Waals surface area contributed by atoms with Gasteiger partial charge in [0.25, 0.3) is 5.91 Å². The Hall–Kier alpha value is -1.63. The largest absolute Gasteiger partial charge is 0.483 e. The number of halogens is 1. The van der Waals surface area contributed by atoms with Crippen molar-refractivity contribution >= 4 is 28.8 Å². The lowest BCUT2D eigenvalue weighted by Crippen LogP contribution is -2.23. The Balaban J connectivity index is 1.98. The van der Waals surface area contributed by atoms with E-state index in [1.54, 1.807) is 23.5 Å². The second-order valence-electron chi connectivity index (χ2n) is 5.36. The summed E-state index contributed by atoms with van der Waals surface area (Å²) in [5, 5.41) is 0.637. The van der Waals surface area contributed by atoms with Crippen molar-refractivity contribution in [2.24, 2.45) is 5.73 Å². The Morgan fingerprint density at radius 3 is 2.91 bits per heavy atom. The van der Waals surface area contributed by atoms with Gasteiger partial charge in [0.1, 0.15) is 5.75 Å². The van der Waals surface area contributed by atoms with E-state index in [1.165, 1.54) is 4.88 Å². The summed E-state index contributed by atoms with van der Waals surface area (Å²) in [6.07, 6.45) is 0.949. The average molecular weight is 354 g/mol. The van der Waals surface area contributed by atoms with E-state index in [0.29, 0.717) is 17.3 Å². The van der Waals surface area contributed by atoms with Crippen molar-refractivity contribution in [2.75, 3.05) is 20.2 Å². The molecule has 0 aliphatic heterocycles. The van der Waals surface area contributed by atoms with Gasteiger partial charge in [-0.3, -0.25) is 4.79 Å². The van der Waals surface area contributed by atoms with Gasteiger partial charge in [0, 0.05) is 28.6 Å². The first-order valence-electron chi connectivity index (χ1n) is 7.22. The average Bonchev–Trinajstić information content (AvgIpc) is 2.89. The predicted molar refractivity (Wildman–Crippen MR) is 93.0 cm³/mol. The minimum atomic E-state index is -0.500. The molecule has 0 unspecified atom stereocenters. The summed E-state index contributed by atoms with van der Waals surface area (Å²) in [6.45, 7) is 3.45. The maximum atomic E-state index is 10.9. The van der Waals surface area contributed by atoms with Crippen LogP contribution in [0.4, 0.5) is 0 Å². The predicted octanol–water partition coefficient (Wildman–Crippen LogP) is 2.64. The molecule has 2 N–H and O–H groups in total. The van der Waals surface area contributed by atoms with Gasteiger partial charge in [-0.2, -0.15) is 0 Å². The summed E-state index contributed by atoms with van der Waals surface area (Å²) < 4.78 is 5.46. The lowest BCUT2D eigenvalue weighted by Gasteiger charge is -2.19. The molecule has 0 fully saturated rings. The van der Waals surface area contributed by atoms with Crippen LogP contribution in [0.25, 0.3) is 0 Å². The van der Waals surface area contributed by atoms with Crippen molar-refractivity contribution in [1.29, 1.82) is 0 Å². The number of nitrogens with zero attached hydrogens (tertiary/aromatic N) is 2. The van der Waals surface area contributed by atoms with Gasteiger partial charge in [-0.25, -0.2) is 4.98 Å². The van der Waals surface area contributed by atoms with Crippen LogP contribution in [0.2, 0.25) is 5.02 Å². The Labute approximate surface area is 145 Å². The summed E-state index contributed by atoms with van der Waals surface area (Å²) in [7, 11) is 2.04. The van der Waals surface area contributed by atoms with E-state index in [4.69, 9.17) is 22.1 Å². The molecule has 0 saturated heterocycles. The number of nitrogens with two attached hydrogens (primary N) is 1. The molecule has 0 saturated carbocycles. The van der Waals surface area contributed by atoms with Gasteiger partial charge in [0.15, 0.2) is 6.61 Å². The van der Waals surface area contributed by atoms with Crippen molar-refractivity contribution in [3.8, 4) is 5.75 Å². The van der Waals surface area contributed by atoms with Gasteiger partial charge >= 0.3 is 0 Å². The zero-order valence-corrected chi connectivity index (χ0v) is 14.8. The summed E-state index contributed by atoms with van der Waals surface area (Å²) in [6, 6.07) is 5.36. The molecule has 124 valence electrons. The Morgan fingerprint density at radius 1 is 1.48 bits per heavy atom. The van der Waals surface area contributed by atoms with E-state index in [9.17, 15) is 4.79 Å². The van der Waals surface area contributed by atoms with Crippen LogP contribution < -0.4 is 10.5 Å². The number of amides is 1. The fourth-order valence-corrected chi connectivity index (χ4v) is 3.15. The van der Waals surface area contributed by atoms with Crippen molar-refractivity contribution in [1.82, 2.24) is 9.88 Å². The molecule has 0 bridgehead atoms. The van der Waals surface area contributed by atoms with Gasteiger partial charge in [0.05, 0.1) is 11.2 Å². The molecule has 2 rings (SSSR count). The van der Waals surface area contributed by atoms with Gasteiger partial charge in [0.2, 0.25) is 0 Å². The molecule has 0 spiro atoms. The van der Waals surface area contributed by atoms with Crippen LogP contribution in [0, 0.1) is 6.92 Å². The first-order chi connectivity index (χ1) is 11.0. The highest BCUT2D eigenvalue weighted by atomic mass is 35.5. The number of rotatable bonds is 8. The molecule has 0 atom stereocenters. The summed E-state index contributed by atoms with van der Waals surface area (Å²) in [5.41, 5.74) is 9.03. The van der Waals surface area contributed by atoms with E-state index >= 15 is 0 Å². The number of thiazole rings is 1. The van der Waals surface area contributed by atoms with Gasteiger partial charge < -0.3 is 15.4 Å². The van der Waals surface area contributed by atoms with Crippen molar-refractivity contribution < 1.29 is 9.53 Å². The summed E-state index contributed by atoms with van der Waals surface area (Å²) in [4.78, 5) is 18.6. The van der Waals surface area contributed by atoms with E-state index < -0.39 is 5.91 Å². The van der Waals surface area contributed by atoms with E-state index in [2.05, 4.69) is 9.88 Å². The number of aromatic nitrogens is 1. The summed E-state index contributed by atoms with van der Waals surface area (Å²) in [5.74, 6) is 0.133. The molecular weight excluding hydrogens is 334 g/mol. The topological polar surface area (TPSA) is 68.5 Å². The van der Waals surface area contributed by atoms with Crippen LogP contribution in [0.15, 0.2) is 23.7 Å². The molecule has 0 aliphatic rings. The number of likely N-dealkylation sites (N-methyl/N-ethyl adjacent to an activating group) is 1. The number of hydrogen-bond donors (Lipinski definition) is 1. The number of hydrogen-bond acceptors (Lipinski definition) is 5. The molecule has 1 aromatic heterocycles. The van der Waals surface area contributed by atoms with Gasteiger partial charge in [-0.15, -0.1) is 11.3 Å². The van der Waals surface area contributed by atoms with E-state index in [0.717, 1.165) is 24.2 Å². The third-order valence-electron chi connectivity index (χ3n) is 3.40. The molecule has 23 heavy (non-hydrogen) atoms. The fraction of sp³-hybridized carbons (Fsp3) is 0.375. The Morgan fingerprint density at radius 2 is 2.26 bits per heavy atom. The second kappa shape index (κ2) is 8.29. The number of carbonyl (C=O) groups is 1. The van der Waals surface area contributed by atoms with Crippen LogP contribution in [0.3, 0.4) is 0 Å². The van der Waals surface area contributed by atoms with Crippen molar-refractivity contribution in [2.45, 2.75) is 19.9 Å². The smallest absolute Gasteiger partial charge is 0.255 e. The molecule has 1 amide bonds. The molecule has 1 aromatic carbocycles. The quantitative estimate of drug-likeness (QED) is 0.792. The highest BCUT2D eigenvalue weighted by Gasteiger charge is 2.10. The van der Waals surface area contributed by atoms with Gasteiger partial charge in [-0.1, -0.05) is 11.6 Å². The standard InChI is InChI=1S/C16H20ClN3O2S/c1-11-15(23-10-19-11)5-6-20(2)8-12-7-13(17)3-4-14(12)22-9-16(18)21/h3-4,7,10H,5-6,8-9H2,1-2H3,(H2,18,21). The zero-order chi connectivity index (χ0) is 16.8. The SMILES string of the molecule is Cc1ncsc1CCN(C)Cc1cc(Cl)ccc1OCC(N)=O. The number of benzene rings is 1. The van der Waals surface area contributed by atoms with Crippen LogP contribution in [-0.4, -0.2) is 36.0 Å². The van der Waals surface area contributed by atoms with Crippen molar-refractivity contribution in [3.05, 3.63) is 44.9 Å². The molecule has 0 radical (unpaired) electrons. The lowest BCUT2D eigenvalue weighted by molar-refractivity contribution is -0.119. The number of aryl methyl sites for hydroxylation is 1. The van der Waals surface area contributed by atoms with Crippen molar-refractivity contribution in [3.63, 3.8) is 0 Å².